The van der Waals surface area contributed by atoms with Crippen LogP contribution in [-0.4, -0.2) is 47.4 Å². The summed E-state index contributed by atoms with van der Waals surface area (Å²) in [6.45, 7) is 6.74. The molecule has 0 radical (unpaired) electrons. The second kappa shape index (κ2) is 7.35. The van der Waals surface area contributed by atoms with Gasteiger partial charge in [0, 0.05) is 57.1 Å². The van der Waals surface area contributed by atoms with Crippen LogP contribution in [-0.2, 0) is 22.5 Å². The molecule has 1 aromatic carbocycles. The van der Waals surface area contributed by atoms with Crippen LogP contribution in [0.5, 0.6) is 0 Å². The van der Waals surface area contributed by atoms with Crippen molar-refractivity contribution >= 4 is 17.4 Å². The van der Waals surface area contributed by atoms with E-state index >= 15 is 0 Å². The van der Waals surface area contributed by atoms with E-state index in [-0.39, 0.29) is 5.91 Å². The molecule has 6 heteroatoms. The van der Waals surface area contributed by atoms with E-state index in [1.54, 1.807) is 6.92 Å². The molecule has 6 nitrogen and oxygen atoms in total. The molecule has 1 saturated heterocycles. The number of aromatic nitrogens is 2. The third-order valence-corrected chi connectivity index (χ3v) is 5.79. The van der Waals surface area contributed by atoms with Crippen molar-refractivity contribution in [2.24, 2.45) is 0 Å². The smallest absolute Gasteiger partial charge is 0.219 e. The third kappa shape index (κ3) is 3.46. The Bertz CT molecular complexity index is 821. The van der Waals surface area contributed by atoms with Crippen molar-refractivity contribution in [1.29, 1.82) is 0 Å². The Morgan fingerprint density at radius 3 is 2.59 bits per heavy atom. The van der Waals surface area contributed by atoms with Crippen LogP contribution in [0.1, 0.15) is 42.6 Å². The molecule has 2 aliphatic rings. The van der Waals surface area contributed by atoms with Crippen LogP contribution in [0.3, 0.4) is 0 Å². The number of nitrogens with zero attached hydrogens (tertiary/aromatic N) is 4. The number of fused-ring (bicyclic) bond motifs is 1. The van der Waals surface area contributed by atoms with Gasteiger partial charge in [0.05, 0.1) is 12.6 Å². The topological polar surface area (TPSA) is 50.6 Å². The predicted molar refractivity (Wildman–Crippen MR) is 105 cm³/mol. The molecule has 1 fully saturated rings. The molecule has 0 aliphatic carbocycles. The van der Waals surface area contributed by atoms with E-state index in [2.05, 4.69) is 47.8 Å². The number of carbonyl (C=O) groups excluding carboxylic acids is 1. The molecular formula is C21H28N4O2. The summed E-state index contributed by atoms with van der Waals surface area (Å²) < 4.78 is 7.78. The molecule has 2 aromatic rings. The Hall–Kier alpha value is -2.34. The first-order chi connectivity index (χ1) is 13.0. The van der Waals surface area contributed by atoms with E-state index in [0.29, 0.717) is 12.6 Å². The number of rotatable bonds is 3. The van der Waals surface area contributed by atoms with Crippen molar-refractivity contribution in [2.75, 3.05) is 31.7 Å². The molecule has 1 amide bonds. The maximum absolute atomic E-state index is 12.0. The lowest BCUT2D eigenvalue weighted by Crippen LogP contribution is -2.35. The summed E-state index contributed by atoms with van der Waals surface area (Å²) in [5.41, 5.74) is 4.82. The Labute approximate surface area is 160 Å². The van der Waals surface area contributed by atoms with Crippen LogP contribution in [0.4, 0.5) is 11.5 Å². The van der Waals surface area contributed by atoms with Crippen molar-refractivity contribution in [3.63, 3.8) is 0 Å². The van der Waals surface area contributed by atoms with Crippen LogP contribution in [0, 0.1) is 6.92 Å². The number of anilines is 2. The molecule has 27 heavy (non-hydrogen) atoms. The molecule has 0 bridgehead atoms. The molecule has 4 rings (SSSR count). The highest BCUT2D eigenvalue weighted by Crippen LogP contribution is 2.35. The summed E-state index contributed by atoms with van der Waals surface area (Å²) in [6.07, 6.45) is 2.86. The van der Waals surface area contributed by atoms with Gasteiger partial charge in [0.25, 0.3) is 0 Å². The quantitative estimate of drug-likeness (QED) is 0.835. The normalized spacial score (nSPS) is 17.7. The minimum absolute atomic E-state index is 0.128. The van der Waals surface area contributed by atoms with Gasteiger partial charge in [0.15, 0.2) is 5.82 Å². The first kappa shape index (κ1) is 18.0. The molecule has 2 aliphatic heterocycles. The number of hydrogen-bond acceptors (Lipinski definition) is 4. The number of hydrogen-bond donors (Lipinski definition) is 0. The summed E-state index contributed by atoms with van der Waals surface area (Å²) in [5, 5.41) is 5.06. The average Bonchev–Trinajstić information content (AvgIpc) is 3.07. The first-order valence-corrected chi connectivity index (χ1v) is 9.78. The van der Waals surface area contributed by atoms with Gasteiger partial charge in [-0.3, -0.25) is 9.48 Å². The fourth-order valence-electron chi connectivity index (χ4n) is 4.09. The standard InChI is InChI=1S/C21H28N4O2/c1-15-4-6-17(7-5-15)23(3)21-19-14-24(16(2)26)11-8-20(19)25(22-21)18-9-12-27-13-10-18/h4-7,18H,8-14H2,1-3H3. The summed E-state index contributed by atoms with van der Waals surface area (Å²) in [7, 11) is 2.06. The fraction of sp³-hybridized carbons (Fsp3) is 0.524. The van der Waals surface area contributed by atoms with Crippen LogP contribution in [0.15, 0.2) is 24.3 Å². The van der Waals surface area contributed by atoms with Crippen LogP contribution >= 0.6 is 0 Å². The van der Waals surface area contributed by atoms with Gasteiger partial charge in [0.1, 0.15) is 0 Å². The Morgan fingerprint density at radius 1 is 1.22 bits per heavy atom. The van der Waals surface area contributed by atoms with Gasteiger partial charge in [0.2, 0.25) is 5.91 Å². The summed E-state index contributed by atoms with van der Waals surface area (Å²) in [6, 6.07) is 8.88. The number of benzene rings is 1. The highest BCUT2D eigenvalue weighted by atomic mass is 16.5. The molecule has 0 N–H and O–H groups in total. The number of amides is 1. The maximum Gasteiger partial charge on any atom is 0.219 e. The molecule has 0 spiro atoms. The third-order valence-electron chi connectivity index (χ3n) is 5.79. The molecule has 1 aromatic heterocycles. The van der Waals surface area contributed by atoms with Crippen molar-refractivity contribution < 1.29 is 9.53 Å². The Morgan fingerprint density at radius 2 is 1.93 bits per heavy atom. The SMILES string of the molecule is CC(=O)N1CCc2c(c(N(C)c3ccc(C)cc3)nn2C2CCOCC2)C1. The number of aryl methyl sites for hydroxylation is 1. The summed E-state index contributed by atoms with van der Waals surface area (Å²) in [5.74, 6) is 1.09. The van der Waals surface area contributed by atoms with Crippen molar-refractivity contribution in [1.82, 2.24) is 14.7 Å². The van der Waals surface area contributed by atoms with Gasteiger partial charge < -0.3 is 14.5 Å². The molecule has 3 heterocycles. The summed E-state index contributed by atoms with van der Waals surface area (Å²) in [4.78, 5) is 16.0. The lowest BCUT2D eigenvalue weighted by molar-refractivity contribution is -0.129. The average molecular weight is 368 g/mol. The summed E-state index contributed by atoms with van der Waals surface area (Å²) >= 11 is 0. The van der Waals surface area contributed by atoms with E-state index in [1.165, 1.54) is 16.8 Å². The van der Waals surface area contributed by atoms with E-state index in [0.717, 1.165) is 50.5 Å². The van der Waals surface area contributed by atoms with Crippen LogP contribution in [0.25, 0.3) is 0 Å². The lowest BCUT2D eigenvalue weighted by atomic mass is 10.0. The van der Waals surface area contributed by atoms with Gasteiger partial charge in [-0.2, -0.15) is 5.10 Å². The van der Waals surface area contributed by atoms with Gasteiger partial charge >= 0.3 is 0 Å². The van der Waals surface area contributed by atoms with Crippen molar-refractivity contribution in [3.05, 3.63) is 41.1 Å². The second-order valence-corrected chi connectivity index (χ2v) is 7.62. The maximum atomic E-state index is 12.0. The van der Waals surface area contributed by atoms with Gasteiger partial charge in [-0.1, -0.05) is 17.7 Å². The molecular weight excluding hydrogens is 340 g/mol. The first-order valence-electron chi connectivity index (χ1n) is 9.78. The Kier molecular flexibility index (Phi) is 4.91. The minimum Gasteiger partial charge on any atom is -0.381 e. The lowest BCUT2D eigenvalue weighted by Gasteiger charge is -2.29. The molecule has 0 unspecified atom stereocenters. The molecule has 0 saturated carbocycles. The number of ether oxygens (including phenoxy) is 1. The van der Waals surface area contributed by atoms with Gasteiger partial charge in [-0.25, -0.2) is 0 Å². The van der Waals surface area contributed by atoms with Crippen molar-refractivity contribution in [3.8, 4) is 0 Å². The number of carbonyl (C=O) groups is 1. The monoisotopic (exact) mass is 368 g/mol. The fourth-order valence-corrected chi connectivity index (χ4v) is 4.09. The van der Waals surface area contributed by atoms with E-state index in [1.807, 2.05) is 4.90 Å². The second-order valence-electron chi connectivity index (χ2n) is 7.62. The van der Waals surface area contributed by atoms with E-state index in [9.17, 15) is 4.79 Å². The predicted octanol–water partition coefficient (Wildman–Crippen LogP) is 3.22. The highest BCUT2D eigenvalue weighted by molar-refractivity contribution is 5.74. The zero-order valence-electron chi connectivity index (χ0n) is 16.4. The Balaban J connectivity index is 1.74. The van der Waals surface area contributed by atoms with Crippen LogP contribution < -0.4 is 4.90 Å². The molecule has 0 atom stereocenters. The zero-order chi connectivity index (χ0) is 19.0. The van der Waals surface area contributed by atoms with Crippen LogP contribution in [0.2, 0.25) is 0 Å². The molecule has 144 valence electrons. The van der Waals surface area contributed by atoms with E-state index < -0.39 is 0 Å². The van der Waals surface area contributed by atoms with E-state index in [4.69, 9.17) is 9.84 Å². The van der Waals surface area contributed by atoms with Gasteiger partial charge in [-0.15, -0.1) is 0 Å². The largest absolute Gasteiger partial charge is 0.381 e. The zero-order valence-corrected chi connectivity index (χ0v) is 16.4. The highest BCUT2D eigenvalue weighted by Gasteiger charge is 2.31. The minimum atomic E-state index is 0.128. The van der Waals surface area contributed by atoms with Gasteiger partial charge in [-0.05, 0) is 31.9 Å². The van der Waals surface area contributed by atoms with Crippen molar-refractivity contribution in [2.45, 2.75) is 45.7 Å².